The van der Waals surface area contributed by atoms with Crippen LogP contribution < -0.4 is 5.56 Å². The fourth-order valence-corrected chi connectivity index (χ4v) is 4.56. The standard InChI is InChI=1S/C26H20FN5O/c1-5-21-18-11-16(10-14(2)22(18)26(33)31-30-21)19-13-29-32(4)25(19)23-20(27)12-15-8-6-7-9-17(15)24(23)28-3/h6-13H,5H2,1-2,4H3,(H,31,33). The molecule has 7 heteroatoms. The van der Waals surface area contributed by atoms with Crippen LogP contribution in [0.1, 0.15) is 18.2 Å². The van der Waals surface area contributed by atoms with Crippen LogP contribution in [0.25, 0.3) is 48.8 Å². The van der Waals surface area contributed by atoms with Crippen LogP contribution in [0.3, 0.4) is 0 Å². The maximum Gasteiger partial charge on any atom is 0.272 e. The Labute approximate surface area is 189 Å². The first-order valence-electron chi connectivity index (χ1n) is 10.6. The minimum Gasteiger partial charge on any atom is -0.268 e. The van der Waals surface area contributed by atoms with E-state index in [-0.39, 0.29) is 16.8 Å². The Kier molecular flexibility index (Phi) is 4.79. The van der Waals surface area contributed by atoms with Gasteiger partial charge in [0.1, 0.15) is 5.82 Å². The van der Waals surface area contributed by atoms with E-state index in [1.807, 2.05) is 44.2 Å². The highest BCUT2D eigenvalue weighted by atomic mass is 19.1. The normalized spacial score (nSPS) is 11.2. The lowest BCUT2D eigenvalue weighted by Gasteiger charge is -2.14. The van der Waals surface area contributed by atoms with Crippen LogP contribution in [0.2, 0.25) is 0 Å². The average molecular weight is 437 g/mol. The van der Waals surface area contributed by atoms with E-state index in [2.05, 4.69) is 20.1 Å². The molecule has 0 unspecified atom stereocenters. The van der Waals surface area contributed by atoms with Gasteiger partial charge in [0, 0.05) is 23.6 Å². The molecule has 2 heterocycles. The van der Waals surface area contributed by atoms with E-state index in [9.17, 15) is 4.79 Å². The van der Waals surface area contributed by atoms with Gasteiger partial charge in [-0.1, -0.05) is 37.3 Å². The molecule has 162 valence electrons. The molecule has 0 saturated carbocycles. The molecule has 0 bridgehead atoms. The van der Waals surface area contributed by atoms with Gasteiger partial charge in [-0.2, -0.15) is 10.2 Å². The largest absolute Gasteiger partial charge is 0.272 e. The number of aromatic amines is 1. The van der Waals surface area contributed by atoms with E-state index < -0.39 is 5.82 Å². The summed E-state index contributed by atoms with van der Waals surface area (Å²) < 4.78 is 17.1. The Morgan fingerprint density at radius 3 is 2.73 bits per heavy atom. The molecular formula is C26H20FN5O. The van der Waals surface area contributed by atoms with Gasteiger partial charge < -0.3 is 0 Å². The zero-order valence-electron chi connectivity index (χ0n) is 18.4. The van der Waals surface area contributed by atoms with Gasteiger partial charge in [-0.05, 0) is 47.4 Å². The van der Waals surface area contributed by atoms with Crippen LogP contribution >= 0.6 is 0 Å². The summed E-state index contributed by atoms with van der Waals surface area (Å²) in [4.78, 5) is 16.2. The Morgan fingerprint density at radius 1 is 1.18 bits per heavy atom. The van der Waals surface area contributed by atoms with Crippen LogP contribution in [0.5, 0.6) is 0 Å². The number of fused-ring (bicyclic) bond motifs is 2. The summed E-state index contributed by atoms with van der Waals surface area (Å²) in [5.74, 6) is -0.477. The molecule has 0 spiro atoms. The van der Waals surface area contributed by atoms with Crippen LogP contribution in [0.4, 0.5) is 10.1 Å². The Morgan fingerprint density at radius 2 is 1.97 bits per heavy atom. The van der Waals surface area contributed by atoms with E-state index in [0.29, 0.717) is 33.8 Å². The number of benzene rings is 3. The molecule has 3 aromatic carbocycles. The Bertz CT molecular complexity index is 1670. The predicted octanol–water partition coefficient (Wildman–Crippen LogP) is 5.70. The highest BCUT2D eigenvalue weighted by Crippen LogP contribution is 2.43. The van der Waals surface area contributed by atoms with E-state index in [0.717, 1.165) is 22.2 Å². The number of H-pyrrole nitrogens is 1. The molecule has 0 fully saturated rings. The predicted molar refractivity (Wildman–Crippen MR) is 128 cm³/mol. The van der Waals surface area contributed by atoms with Gasteiger partial charge in [0.05, 0.1) is 29.5 Å². The third kappa shape index (κ3) is 3.11. The number of hydrogen-bond acceptors (Lipinski definition) is 3. The smallest absolute Gasteiger partial charge is 0.268 e. The lowest BCUT2D eigenvalue weighted by molar-refractivity contribution is 0.630. The molecule has 0 aliphatic rings. The van der Waals surface area contributed by atoms with E-state index in [4.69, 9.17) is 6.57 Å². The van der Waals surface area contributed by atoms with E-state index in [1.54, 1.807) is 24.0 Å². The van der Waals surface area contributed by atoms with Crippen molar-refractivity contribution in [2.24, 2.45) is 7.05 Å². The molecule has 1 N–H and O–H groups in total. The summed E-state index contributed by atoms with van der Waals surface area (Å²) in [6, 6.07) is 12.5. The summed E-state index contributed by atoms with van der Waals surface area (Å²) in [6.45, 7) is 11.7. The first-order valence-corrected chi connectivity index (χ1v) is 10.6. The monoisotopic (exact) mass is 437 g/mol. The summed E-state index contributed by atoms with van der Waals surface area (Å²) in [5.41, 5.74) is 3.78. The van der Waals surface area contributed by atoms with Gasteiger partial charge in [0.2, 0.25) is 5.69 Å². The topological polar surface area (TPSA) is 67.9 Å². The number of nitrogens with zero attached hydrogens (tertiary/aromatic N) is 4. The Hall–Kier alpha value is -4.31. The number of rotatable bonds is 3. The highest BCUT2D eigenvalue weighted by molar-refractivity contribution is 6.04. The zero-order valence-corrected chi connectivity index (χ0v) is 18.4. The third-order valence-corrected chi connectivity index (χ3v) is 6.07. The van der Waals surface area contributed by atoms with Crippen LogP contribution in [-0.2, 0) is 13.5 Å². The van der Waals surface area contributed by atoms with Crippen molar-refractivity contribution in [3.05, 3.63) is 87.5 Å². The second-order valence-corrected chi connectivity index (χ2v) is 8.01. The molecular weight excluding hydrogens is 417 g/mol. The number of halogens is 1. The maximum atomic E-state index is 15.5. The molecule has 0 radical (unpaired) electrons. The van der Waals surface area contributed by atoms with Crippen LogP contribution in [0.15, 0.2) is 53.5 Å². The van der Waals surface area contributed by atoms with Crippen molar-refractivity contribution in [1.29, 1.82) is 0 Å². The van der Waals surface area contributed by atoms with Crippen molar-refractivity contribution < 1.29 is 4.39 Å². The van der Waals surface area contributed by atoms with Gasteiger partial charge >= 0.3 is 0 Å². The van der Waals surface area contributed by atoms with Crippen molar-refractivity contribution >= 4 is 27.2 Å². The van der Waals surface area contributed by atoms with Crippen molar-refractivity contribution in [3.8, 4) is 22.4 Å². The number of aromatic nitrogens is 4. The average Bonchev–Trinajstić information content (AvgIpc) is 3.18. The summed E-state index contributed by atoms with van der Waals surface area (Å²) in [6.07, 6.45) is 2.32. The van der Waals surface area contributed by atoms with E-state index >= 15 is 4.39 Å². The molecule has 33 heavy (non-hydrogen) atoms. The number of aryl methyl sites for hydroxylation is 3. The Balaban J connectivity index is 1.85. The second-order valence-electron chi connectivity index (χ2n) is 8.01. The van der Waals surface area contributed by atoms with Crippen LogP contribution in [-0.4, -0.2) is 20.0 Å². The molecule has 0 aliphatic heterocycles. The van der Waals surface area contributed by atoms with Crippen molar-refractivity contribution in [2.75, 3.05) is 0 Å². The number of nitrogens with one attached hydrogen (secondary N) is 1. The first kappa shape index (κ1) is 20.6. The quantitative estimate of drug-likeness (QED) is 0.368. The highest BCUT2D eigenvalue weighted by Gasteiger charge is 2.23. The van der Waals surface area contributed by atoms with Crippen LogP contribution in [0, 0.1) is 19.3 Å². The summed E-state index contributed by atoms with van der Waals surface area (Å²) >= 11 is 0. The molecule has 0 amide bonds. The van der Waals surface area contributed by atoms with Crippen molar-refractivity contribution in [3.63, 3.8) is 0 Å². The van der Waals surface area contributed by atoms with Gasteiger partial charge in [-0.25, -0.2) is 14.3 Å². The molecule has 5 rings (SSSR count). The molecule has 0 saturated heterocycles. The lowest BCUT2D eigenvalue weighted by Crippen LogP contribution is -2.12. The second kappa shape index (κ2) is 7.68. The molecule has 2 aromatic heterocycles. The zero-order chi connectivity index (χ0) is 23.3. The fraction of sp³-hybridized carbons (Fsp3) is 0.154. The van der Waals surface area contributed by atoms with Crippen molar-refractivity contribution in [2.45, 2.75) is 20.3 Å². The van der Waals surface area contributed by atoms with E-state index in [1.165, 1.54) is 6.07 Å². The molecule has 5 aromatic rings. The number of hydrogen-bond donors (Lipinski definition) is 1. The SMILES string of the molecule is [C-]#[N+]c1c(-c2c(-c3cc(C)c4c(=O)[nH]nc(CC)c4c3)cnn2C)c(F)cc2ccccc12. The summed E-state index contributed by atoms with van der Waals surface area (Å²) in [5, 5.41) is 13.9. The summed E-state index contributed by atoms with van der Waals surface area (Å²) in [7, 11) is 1.73. The van der Waals surface area contributed by atoms with Crippen molar-refractivity contribution in [1.82, 2.24) is 20.0 Å². The minimum absolute atomic E-state index is 0.219. The van der Waals surface area contributed by atoms with Gasteiger partial charge in [-0.15, -0.1) is 0 Å². The minimum atomic E-state index is -0.477. The molecule has 0 aliphatic carbocycles. The van der Waals surface area contributed by atoms with Gasteiger partial charge in [0.15, 0.2) is 0 Å². The van der Waals surface area contributed by atoms with Gasteiger partial charge in [0.25, 0.3) is 5.56 Å². The third-order valence-electron chi connectivity index (χ3n) is 6.07. The first-order chi connectivity index (χ1) is 15.9. The maximum absolute atomic E-state index is 15.5. The lowest BCUT2D eigenvalue weighted by atomic mass is 9.93. The van der Waals surface area contributed by atoms with Gasteiger partial charge in [-0.3, -0.25) is 9.48 Å². The fourth-order valence-electron chi connectivity index (χ4n) is 4.56. The molecule has 0 atom stereocenters. The molecule has 6 nitrogen and oxygen atoms in total.